The van der Waals surface area contributed by atoms with Crippen molar-refractivity contribution in [3.05, 3.63) is 78.9 Å². The first kappa shape index (κ1) is 28.2. The number of rotatable bonds is 5. The van der Waals surface area contributed by atoms with Crippen LogP contribution in [0.4, 0.5) is 11.4 Å². The van der Waals surface area contributed by atoms with Gasteiger partial charge in [0.2, 0.25) is 0 Å². The number of anilines is 2. The van der Waals surface area contributed by atoms with Crippen LogP contribution in [0.15, 0.2) is 78.9 Å². The van der Waals surface area contributed by atoms with E-state index in [1.807, 2.05) is 55.5 Å². The van der Waals surface area contributed by atoms with Crippen LogP contribution in [0.25, 0.3) is 0 Å². The monoisotopic (exact) mass is 504 g/mol. The Morgan fingerprint density at radius 1 is 0.606 bits per heavy atom. The molecule has 3 aromatic rings. The standard InChI is InChI=1S/C24H29N6P.2ClH/c1-29(2)23(25)27-18-10-8-14-21(16-18)31(20-12-6-5-7-13-20)22-15-9-11-19(17-22)28-24(26)30(3)4;;/h5-17H,1-4H3,(H4,25,26,27,28);2*1H. The highest BCUT2D eigenvalue weighted by Gasteiger charge is 2.18. The van der Waals surface area contributed by atoms with Crippen LogP contribution in [0.2, 0.25) is 0 Å². The molecule has 0 aliphatic carbocycles. The summed E-state index contributed by atoms with van der Waals surface area (Å²) in [7, 11) is 6.89. The summed E-state index contributed by atoms with van der Waals surface area (Å²) >= 11 is 0. The van der Waals surface area contributed by atoms with Gasteiger partial charge >= 0.3 is 11.9 Å². The number of nitrogens with two attached hydrogens (primary N) is 2. The van der Waals surface area contributed by atoms with E-state index in [4.69, 9.17) is 11.5 Å². The topological polar surface area (TPSA) is 82.1 Å². The number of benzene rings is 3. The van der Waals surface area contributed by atoms with Crippen LogP contribution in [0.5, 0.6) is 0 Å². The smallest absolute Gasteiger partial charge is 0.347 e. The number of guanidine groups is 2. The van der Waals surface area contributed by atoms with Gasteiger partial charge in [0.15, 0.2) is 0 Å². The number of hydrogen-bond acceptors (Lipinski definition) is 0. The molecule has 33 heavy (non-hydrogen) atoms. The average molecular weight is 505 g/mol. The lowest BCUT2D eigenvalue weighted by Crippen LogP contribution is -3.00. The van der Waals surface area contributed by atoms with Crippen LogP contribution in [0.3, 0.4) is 0 Å². The third-order valence-electron chi connectivity index (χ3n) is 4.73. The van der Waals surface area contributed by atoms with E-state index in [1.54, 1.807) is 0 Å². The molecule has 0 spiro atoms. The maximum atomic E-state index is 6.10. The Hall–Kier alpha value is -2.79. The molecule has 0 saturated heterocycles. The molecule has 0 fully saturated rings. The lowest BCUT2D eigenvalue weighted by atomic mass is 10.3. The maximum absolute atomic E-state index is 6.10. The molecular formula is C24H31Cl2N6P. The van der Waals surface area contributed by atoms with Crippen LogP contribution in [0.1, 0.15) is 0 Å². The van der Waals surface area contributed by atoms with Gasteiger partial charge in [-0.3, -0.25) is 20.6 Å². The maximum Gasteiger partial charge on any atom is 0.347 e. The molecule has 3 rings (SSSR count). The van der Waals surface area contributed by atoms with Gasteiger partial charge < -0.3 is 24.8 Å². The van der Waals surface area contributed by atoms with E-state index in [9.17, 15) is 0 Å². The fourth-order valence-electron chi connectivity index (χ4n) is 2.99. The van der Waals surface area contributed by atoms with Gasteiger partial charge in [0.1, 0.15) is 0 Å². The van der Waals surface area contributed by atoms with E-state index < -0.39 is 7.92 Å². The van der Waals surface area contributed by atoms with E-state index >= 15 is 0 Å². The van der Waals surface area contributed by atoms with Crippen LogP contribution in [0, 0.1) is 0 Å². The number of halogens is 2. The normalized spacial score (nSPS) is 9.85. The molecule has 0 atom stereocenters. The molecule has 0 saturated carbocycles. The Labute approximate surface area is 210 Å². The van der Waals surface area contributed by atoms with Crippen molar-refractivity contribution in [3.63, 3.8) is 0 Å². The Morgan fingerprint density at radius 2 is 1.00 bits per heavy atom. The van der Waals surface area contributed by atoms with Crippen molar-refractivity contribution < 1.29 is 34.0 Å². The third kappa shape index (κ3) is 7.64. The zero-order valence-electron chi connectivity index (χ0n) is 19.3. The summed E-state index contributed by atoms with van der Waals surface area (Å²) in [6.45, 7) is 0. The first-order valence-electron chi connectivity index (χ1n) is 10.0. The summed E-state index contributed by atoms with van der Waals surface area (Å²) < 4.78 is 3.71. The second-order valence-corrected chi connectivity index (χ2v) is 9.80. The SMILES string of the molecule is C[N+](C)=C(N)Nc1cccc(P(c2ccccc2)c2cccc(NC(N)=[N+](C)C)c2)c1.[Cl-].[Cl-]. The van der Waals surface area contributed by atoms with E-state index in [2.05, 4.69) is 71.3 Å². The van der Waals surface area contributed by atoms with E-state index in [0.717, 1.165) is 11.4 Å². The van der Waals surface area contributed by atoms with Crippen LogP contribution in [-0.4, -0.2) is 49.3 Å². The van der Waals surface area contributed by atoms with Gasteiger partial charge in [-0.25, -0.2) is 10.6 Å². The van der Waals surface area contributed by atoms with Crippen molar-refractivity contribution in [2.75, 3.05) is 38.8 Å². The minimum absolute atomic E-state index is 0. The van der Waals surface area contributed by atoms with Crippen molar-refractivity contribution >= 4 is 47.1 Å². The molecule has 0 aromatic heterocycles. The molecule has 0 aliphatic heterocycles. The zero-order chi connectivity index (χ0) is 22.4. The molecule has 0 radical (unpaired) electrons. The Morgan fingerprint density at radius 3 is 1.39 bits per heavy atom. The van der Waals surface area contributed by atoms with E-state index in [-0.39, 0.29) is 24.8 Å². The Balaban J connectivity index is 0.00000272. The van der Waals surface area contributed by atoms with Crippen molar-refractivity contribution in [3.8, 4) is 0 Å². The van der Waals surface area contributed by atoms with E-state index in [1.165, 1.54) is 15.9 Å². The molecule has 6 nitrogen and oxygen atoms in total. The zero-order valence-corrected chi connectivity index (χ0v) is 21.7. The first-order valence-corrected chi connectivity index (χ1v) is 11.4. The average Bonchev–Trinajstić information content (AvgIpc) is 2.75. The lowest BCUT2D eigenvalue weighted by molar-refractivity contribution is -0.465. The highest BCUT2D eigenvalue weighted by atomic mass is 35.5. The van der Waals surface area contributed by atoms with Crippen molar-refractivity contribution in [1.82, 2.24) is 0 Å². The van der Waals surface area contributed by atoms with Gasteiger partial charge in [-0.2, -0.15) is 0 Å². The second-order valence-electron chi connectivity index (χ2n) is 7.58. The molecule has 0 heterocycles. The van der Waals surface area contributed by atoms with Crippen LogP contribution < -0.4 is 62.8 Å². The van der Waals surface area contributed by atoms with Gasteiger partial charge in [-0.05, 0) is 48.1 Å². The van der Waals surface area contributed by atoms with Crippen LogP contribution >= 0.6 is 7.92 Å². The molecule has 9 heteroatoms. The van der Waals surface area contributed by atoms with Crippen molar-refractivity contribution in [1.29, 1.82) is 0 Å². The fourth-order valence-corrected chi connectivity index (χ4v) is 5.36. The second kappa shape index (κ2) is 13.0. The molecule has 6 N–H and O–H groups in total. The minimum atomic E-state index is -0.766. The fraction of sp³-hybridized carbons (Fsp3) is 0.167. The van der Waals surface area contributed by atoms with Crippen molar-refractivity contribution in [2.24, 2.45) is 11.5 Å². The van der Waals surface area contributed by atoms with Crippen molar-refractivity contribution in [2.45, 2.75) is 0 Å². The molecule has 0 aliphatic rings. The minimum Gasteiger partial charge on any atom is -1.00 e. The molecule has 3 aromatic carbocycles. The van der Waals surface area contributed by atoms with Gasteiger partial charge in [0.05, 0.1) is 39.6 Å². The quantitative estimate of drug-likeness (QED) is 0.122. The lowest BCUT2D eigenvalue weighted by Gasteiger charge is -2.20. The molecular weight excluding hydrogens is 474 g/mol. The predicted molar refractivity (Wildman–Crippen MR) is 135 cm³/mol. The molecule has 176 valence electrons. The summed E-state index contributed by atoms with van der Waals surface area (Å²) in [6, 6.07) is 27.5. The number of nitrogens with zero attached hydrogens (tertiary/aromatic N) is 2. The van der Waals surface area contributed by atoms with E-state index in [0.29, 0.717) is 11.9 Å². The number of hydrogen-bond donors (Lipinski definition) is 4. The summed E-state index contributed by atoms with van der Waals surface area (Å²) in [5.74, 6) is 1.20. The summed E-state index contributed by atoms with van der Waals surface area (Å²) in [5.41, 5.74) is 14.1. The largest absolute Gasteiger partial charge is 1.00 e. The Bertz CT molecular complexity index is 1040. The molecule has 0 bridgehead atoms. The predicted octanol–water partition coefficient (Wildman–Crippen LogP) is -4.55. The third-order valence-corrected chi connectivity index (χ3v) is 7.14. The first-order chi connectivity index (χ1) is 14.8. The van der Waals surface area contributed by atoms with Gasteiger partial charge in [-0.15, -0.1) is 0 Å². The van der Waals surface area contributed by atoms with Gasteiger partial charge in [0, 0.05) is 0 Å². The van der Waals surface area contributed by atoms with Gasteiger partial charge in [-0.1, -0.05) is 54.6 Å². The highest BCUT2D eigenvalue weighted by Crippen LogP contribution is 2.34. The highest BCUT2D eigenvalue weighted by molar-refractivity contribution is 7.79. The van der Waals surface area contributed by atoms with Gasteiger partial charge in [0.25, 0.3) is 0 Å². The summed E-state index contributed by atoms with van der Waals surface area (Å²) in [4.78, 5) is 0. The summed E-state index contributed by atoms with van der Waals surface area (Å²) in [6.07, 6.45) is 0. The Kier molecular flexibility index (Phi) is 11.2. The molecule has 0 unspecified atom stereocenters. The summed E-state index contributed by atoms with van der Waals surface area (Å²) in [5, 5.41) is 10.3. The molecule has 0 amide bonds. The van der Waals surface area contributed by atoms with Crippen LogP contribution in [-0.2, 0) is 0 Å². The number of nitrogens with one attached hydrogen (secondary N) is 2.